The Hall–Kier alpha value is -3.29. The first-order valence-corrected chi connectivity index (χ1v) is 8.12. The van der Waals surface area contributed by atoms with Gasteiger partial charge in [0.15, 0.2) is 17.3 Å². The molecule has 0 amide bonds. The van der Waals surface area contributed by atoms with Gasteiger partial charge in [-0.1, -0.05) is 6.92 Å². The zero-order chi connectivity index (χ0) is 18.5. The Morgan fingerprint density at radius 2 is 1.73 bits per heavy atom. The summed E-state index contributed by atoms with van der Waals surface area (Å²) in [5.74, 6) is 2.59. The minimum Gasteiger partial charge on any atom is -0.493 e. The molecule has 0 unspecified atom stereocenters. The second kappa shape index (κ2) is 7.73. The van der Waals surface area contributed by atoms with Crippen LogP contribution in [-0.4, -0.2) is 41.3 Å². The van der Waals surface area contributed by atoms with Crippen molar-refractivity contribution in [1.29, 1.82) is 0 Å². The Morgan fingerprint density at radius 3 is 2.31 bits per heavy atom. The molecule has 1 aromatic carbocycles. The number of aromatic nitrogens is 4. The number of aryl methyl sites for hydroxylation is 1. The van der Waals surface area contributed by atoms with Crippen LogP contribution in [0.3, 0.4) is 0 Å². The SMILES string of the molecule is CCc1ccc(-c2ncnc(Nc3cc(OC)c(OC)c(OC)c3)n2)[nH]1. The highest BCUT2D eigenvalue weighted by Gasteiger charge is 2.14. The molecule has 26 heavy (non-hydrogen) atoms. The first-order chi connectivity index (χ1) is 12.7. The summed E-state index contributed by atoms with van der Waals surface area (Å²) in [4.78, 5) is 16.2. The van der Waals surface area contributed by atoms with Crippen LogP contribution in [0.4, 0.5) is 11.6 Å². The highest BCUT2D eigenvalue weighted by atomic mass is 16.5. The molecule has 3 aromatic rings. The third kappa shape index (κ3) is 3.53. The predicted molar refractivity (Wildman–Crippen MR) is 98.4 cm³/mol. The fourth-order valence-electron chi connectivity index (χ4n) is 2.55. The first-order valence-electron chi connectivity index (χ1n) is 8.12. The maximum Gasteiger partial charge on any atom is 0.230 e. The Labute approximate surface area is 151 Å². The first kappa shape index (κ1) is 17.5. The van der Waals surface area contributed by atoms with Crippen molar-refractivity contribution in [3.05, 3.63) is 36.3 Å². The van der Waals surface area contributed by atoms with Gasteiger partial charge in [0.25, 0.3) is 0 Å². The summed E-state index contributed by atoms with van der Waals surface area (Å²) < 4.78 is 16.1. The number of rotatable bonds is 7. The second-order valence-electron chi connectivity index (χ2n) is 5.42. The highest BCUT2D eigenvalue weighted by molar-refractivity contribution is 5.66. The van der Waals surface area contributed by atoms with E-state index in [1.165, 1.54) is 6.33 Å². The molecule has 0 radical (unpaired) electrons. The van der Waals surface area contributed by atoms with Crippen molar-refractivity contribution < 1.29 is 14.2 Å². The average Bonchev–Trinajstić information content (AvgIpc) is 3.16. The summed E-state index contributed by atoms with van der Waals surface area (Å²) in [6.45, 7) is 2.08. The lowest BCUT2D eigenvalue weighted by atomic mass is 10.2. The smallest absolute Gasteiger partial charge is 0.230 e. The van der Waals surface area contributed by atoms with E-state index in [-0.39, 0.29) is 0 Å². The summed E-state index contributed by atoms with van der Waals surface area (Å²) >= 11 is 0. The minimum absolute atomic E-state index is 0.414. The van der Waals surface area contributed by atoms with Crippen molar-refractivity contribution in [2.75, 3.05) is 26.6 Å². The third-order valence-electron chi connectivity index (χ3n) is 3.86. The van der Waals surface area contributed by atoms with Crippen LogP contribution in [0.1, 0.15) is 12.6 Å². The van der Waals surface area contributed by atoms with E-state index in [1.807, 2.05) is 12.1 Å². The van der Waals surface area contributed by atoms with Crippen LogP contribution in [-0.2, 0) is 6.42 Å². The summed E-state index contributed by atoms with van der Waals surface area (Å²) in [5.41, 5.74) is 2.68. The number of ether oxygens (including phenoxy) is 3. The Balaban J connectivity index is 1.90. The lowest BCUT2D eigenvalue weighted by Crippen LogP contribution is -2.02. The molecule has 3 rings (SSSR count). The van der Waals surface area contributed by atoms with Crippen LogP contribution in [0.15, 0.2) is 30.6 Å². The molecule has 136 valence electrons. The van der Waals surface area contributed by atoms with E-state index in [0.717, 1.165) is 17.8 Å². The number of nitrogens with zero attached hydrogens (tertiary/aromatic N) is 3. The normalized spacial score (nSPS) is 10.5. The Bertz CT molecular complexity index is 869. The topological polar surface area (TPSA) is 94.2 Å². The maximum absolute atomic E-state index is 5.36. The number of aromatic amines is 1. The van der Waals surface area contributed by atoms with Crippen molar-refractivity contribution in [2.24, 2.45) is 0 Å². The van der Waals surface area contributed by atoms with Gasteiger partial charge in [-0.2, -0.15) is 4.98 Å². The summed E-state index contributed by atoms with van der Waals surface area (Å²) in [6.07, 6.45) is 2.39. The Morgan fingerprint density at radius 1 is 1.00 bits per heavy atom. The molecule has 2 aromatic heterocycles. The molecular weight excluding hydrogens is 334 g/mol. The molecule has 0 bridgehead atoms. The van der Waals surface area contributed by atoms with Gasteiger partial charge in [-0.15, -0.1) is 0 Å². The van der Waals surface area contributed by atoms with E-state index in [2.05, 4.69) is 32.2 Å². The lowest BCUT2D eigenvalue weighted by molar-refractivity contribution is 0.324. The number of H-pyrrole nitrogens is 1. The largest absolute Gasteiger partial charge is 0.493 e. The fraction of sp³-hybridized carbons (Fsp3) is 0.278. The average molecular weight is 355 g/mol. The number of nitrogens with one attached hydrogen (secondary N) is 2. The van der Waals surface area contributed by atoms with Crippen LogP contribution in [0.25, 0.3) is 11.5 Å². The molecule has 0 saturated carbocycles. The molecule has 0 atom stereocenters. The summed E-state index contributed by atoms with van der Waals surface area (Å²) in [5, 5.41) is 3.14. The van der Waals surface area contributed by atoms with Gasteiger partial charge in [-0.3, -0.25) is 0 Å². The quantitative estimate of drug-likeness (QED) is 0.672. The van der Waals surface area contributed by atoms with Crippen LogP contribution < -0.4 is 19.5 Å². The predicted octanol–water partition coefficient (Wildman–Crippen LogP) is 3.20. The van der Waals surface area contributed by atoms with Crippen molar-refractivity contribution in [1.82, 2.24) is 19.9 Å². The number of hydrogen-bond donors (Lipinski definition) is 2. The molecule has 0 saturated heterocycles. The van der Waals surface area contributed by atoms with Crippen molar-refractivity contribution in [2.45, 2.75) is 13.3 Å². The molecule has 8 heteroatoms. The molecule has 0 aliphatic heterocycles. The van der Waals surface area contributed by atoms with Crippen molar-refractivity contribution in [3.63, 3.8) is 0 Å². The van der Waals surface area contributed by atoms with Gasteiger partial charge in [0.2, 0.25) is 11.7 Å². The van der Waals surface area contributed by atoms with Gasteiger partial charge in [0, 0.05) is 23.5 Å². The fourth-order valence-corrected chi connectivity index (χ4v) is 2.55. The van der Waals surface area contributed by atoms with Gasteiger partial charge in [0.05, 0.1) is 27.0 Å². The zero-order valence-electron chi connectivity index (χ0n) is 15.2. The molecule has 0 aliphatic carbocycles. The van der Waals surface area contributed by atoms with Gasteiger partial charge < -0.3 is 24.5 Å². The van der Waals surface area contributed by atoms with E-state index >= 15 is 0 Å². The zero-order valence-corrected chi connectivity index (χ0v) is 15.2. The van der Waals surface area contributed by atoms with Gasteiger partial charge in [-0.25, -0.2) is 9.97 Å². The van der Waals surface area contributed by atoms with Crippen LogP contribution >= 0.6 is 0 Å². The summed E-state index contributed by atoms with van der Waals surface area (Å²) in [6, 6.07) is 7.55. The second-order valence-corrected chi connectivity index (χ2v) is 5.42. The lowest BCUT2D eigenvalue weighted by Gasteiger charge is -2.14. The molecule has 0 spiro atoms. The molecule has 2 heterocycles. The van der Waals surface area contributed by atoms with Crippen LogP contribution in [0, 0.1) is 0 Å². The molecule has 0 fully saturated rings. The number of anilines is 2. The van der Waals surface area contributed by atoms with Gasteiger partial charge in [-0.05, 0) is 18.6 Å². The van der Waals surface area contributed by atoms with Crippen LogP contribution in [0.5, 0.6) is 17.2 Å². The van der Waals surface area contributed by atoms with E-state index in [0.29, 0.717) is 34.7 Å². The molecular formula is C18H21N5O3. The Kier molecular flexibility index (Phi) is 5.21. The third-order valence-corrected chi connectivity index (χ3v) is 3.86. The summed E-state index contributed by atoms with van der Waals surface area (Å²) in [7, 11) is 4.70. The van der Waals surface area contributed by atoms with Gasteiger partial charge >= 0.3 is 0 Å². The van der Waals surface area contributed by atoms with Crippen molar-refractivity contribution >= 4 is 11.6 Å². The molecule has 8 nitrogen and oxygen atoms in total. The monoisotopic (exact) mass is 355 g/mol. The number of hydrogen-bond acceptors (Lipinski definition) is 7. The molecule has 0 aliphatic rings. The standard InChI is InChI=1S/C18H21N5O3/c1-5-11-6-7-13(21-11)17-19-10-20-18(23-17)22-12-8-14(24-2)16(26-4)15(9-12)25-3/h6-10,21H,5H2,1-4H3,(H,19,20,22,23). The molecule has 2 N–H and O–H groups in total. The number of methoxy groups -OCH3 is 3. The van der Waals surface area contributed by atoms with E-state index < -0.39 is 0 Å². The van der Waals surface area contributed by atoms with Crippen molar-refractivity contribution in [3.8, 4) is 28.8 Å². The minimum atomic E-state index is 0.414. The van der Waals surface area contributed by atoms with Gasteiger partial charge in [0.1, 0.15) is 6.33 Å². The van der Waals surface area contributed by atoms with E-state index in [4.69, 9.17) is 14.2 Å². The maximum atomic E-state index is 5.36. The number of benzene rings is 1. The van der Waals surface area contributed by atoms with E-state index in [1.54, 1.807) is 33.5 Å². The van der Waals surface area contributed by atoms with E-state index in [9.17, 15) is 0 Å². The highest BCUT2D eigenvalue weighted by Crippen LogP contribution is 2.40. The van der Waals surface area contributed by atoms with Crippen LogP contribution in [0.2, 0.25) is 0 Å².